The van der Waals surface area contributed by atoms with Crippen LogP contribution in [0, 0.1) is 10.6 Å². The van der Waals surface area contributed by atoms with Crippen molar-refractivity contribution in [1.29, 1.82) is 0 Å². The molecule has 0 aliphatic heterocycles. The average molecular weight is 372 g/mol. The van der Waals surface area contributed by atoms with Gasteiger partial charge in [-0.15, -0.1) is 0 Å². The lowest BCUT2D eigenvalue weighted by Crippen LogP contribution is -2.01. The highest BCUT2D eigenvalue weighted by Crippen LogP contribution is 2.23. The number of benzene rings is 2. The maximum absolute atomic E-state index is 13.1. The number of aromatic nitrogens is 3. The Morgan fingerprint density at radius 2 is 1.96 bits per heavy atom. The largest absolute Gasteiger partial charge is 0.497 e. The summed E-state index contributed by atoms with van der Waals surface area (Å²) in [5.41, 5.74) is 1.67. The first-order valence-corrected chi connectivity index (χ1v) is 8.18. The Labute approximate surface area is 154 Å². The maximum atomic E-state index is 13.1. The van der Waals surface area contributed by atoms with Gasteiger partial charge in [0, 0.05) is 18.1 Å². The van der Waals surface area contributed by atoms with E-state index in [0.29, 0.717) is 28.5 Å². The van der Waals surface area contributed by atoms with Crippen LogP contribution < -0.4 is 9.47 Å². The monoisotopic (exact) mass is 372 g/mol. The molecule has 0 radical (unpaired) electrons. The van der Waals surface area contributed by atoms with E-state index in [0.717, 1.165) is 11.1 Å². The van der Waals surface area contributed by atoms with Gasteiger partial charge in [0.25, 0.3) is 0 Å². The Morgan fingerprint density at radius 3 is 2.65 bits per heavy atom. The molecule has 3 aromatic rings. The Balaban J connectivity index is 1.88. The van der Waals surface area contributed by atoms with Crippen molar-refractivity contribution in [2.75, 3.05) is 14.2 Å². The van der Waals surface area contributed by atoms with Gasteiger partial charge in [-0.3, -0.25) is 5.10 Å². The summed E-state index contributed by atoms with van der Waals surface area (Å²) in [5.74, 6) is 1.65. The van der Waals surface area contributed by atoms with Crippen molar-refractivity contribution in [2.24, 2.45) is 5.10 Å². The Bertz CT molecular complexity index is 980. The van der Waals surface area contributed by atoms with Gasteiger partial charge in [0.2, 0.25) is 4.77 Å². The molecule has 1 N–H and O–H groups in total. The van der Waals surface area contributed by atoms with Gasteiger partial charge in [-0.25, -0.2) is 4.39 Å². The first-order valence-electron chi connectivity index (χ1n) is 7.78. The summed E-state index contributed by atoms with van der Waals surface area (Å²) < 4.78 is 25.5. The lowest BCUT2D eigenvalue weighted by Gasteiger charge is -2.07. The number of nitrogens with zero attached hydrogens (tertiary/aromatic N) is 3. The highest BCUT2D eigenvalue weighted by molar-refractivity contribution is 7.71. The molecule has 2 aromatic carbocycles. The standard InChI is InChI=1S/C18H17FN4O2S/c1-24-15-8-5-13(16(10-15)25-2)11-20-23-17(21-22-18(23)26)9-12-3-6-14(19)7-4-12/h3-8,10-11H,9H2,1-2H3,(H,22,26)/b20-11-. The van der Waals surface area contributed by atoms with Crippen LogP contribution in [0.1, 0.15) is 17.0 Å². The fraction of sp³-hybridized carbons (Fsp3) is 0.167. The molecule has 0 bridgehead atoms. The van der Waals surface area contributed by atoms with Gasteiger partial charge >= 0.3 is 0 Å². The Morgan fingerprint density at radius 1 is 1.19 bits per heavy atom. The van der Waals surface area contributed by atoms with Gasteiger partial charge < -0.3 is 9.47 Å². The molecule has 0 saturated heterocycles. The number of aromatic amines is 1. The molecular formula is C18H17FN4O2S. The van der Waals surface area contributed by atoms with Crippen molar-refractivity contribution in [2.45, 2.75) is 6.42 Å². The number of rotatable bonds is 6. The van der Waals surface area contributed by atoms with E-state index < -0.39 is 0 Å². The lowest BCUT2D eigenvalue weighted by molar-refractivity contribution is 0.394. The third kappa shape index (κ3) is 3.97. The van der Waals surface area contributed by atoms with Crippen molar-refractivity contribution >= 4 is 18.4 Å². The highest BCUT2D eigenvalue weighted by Gasteiger charge is 2.08. The second-order valence-corrected chi connectivity index (χ2v) is 5.80. The van der Waals surface area contributed by atoms with Crippen molar-refractivity contribution in [3.8, 4) is 11.5 Å². The summed E-state index contributed by atoms with van der Waals surface area (Å²) in [4.78, 5) is 0. The van der Waals surface area contributed by atoms with Gasteiger partial charge in [-0.05, 0) is 42.0 Å². The summed E-state index contributed by atoms with van der Waals surface area (Å²) in [6.45, 7) is 0. The minimum Gasteiger partial charge on any atom is -0.497 e. The minimum absolute atomic E-state index is 0.280. The second-order valence-electron chi connectivity index (χ2n) is 5.41. The molecule has 0 fully saturated rings. The van der Waals surface area contributed by atoms with Gasteiger partial charge in [0.15, 0.2) is 5.82 Å². The van der Waals surface area contributed by atoms with Crippen LogP contribution in [0.3, 0.4) is 0 Å². The molecule has 0 saturated carbocycles. The third-order valence-corrected chi connectivity index (χ3v) is 4.01. The number of hydrogen-bond acceptors (Lipinski definition) is 5. The molecule has 0 aliphatic carbocycles. The van der Waals surface area contributed by atoms with Gasteiger partial charge in [-0.1, -0.05) is 12.1 Å². The lowest BCUT2D eigenvalue weighted by atomic mass is 10.1. The molecule has 0 amide bonds. The molecule has 0 atom stereocenters. The molecule has 134 valence electrons. The molecule has 1 aromatic heterocycles. The van der Waals surface area contributed by atoms with Crippen LogP contribution in [0.15, 0.2) is 47.6 Å². The first-order chi connectivity index (χ1) is 12.6. The van der Waals surface area contributed by atoms with E-state index in [1.54, 1.807) is 38.6 Å². The first kappa shape index (κ1) is 17.8. The van der Waals surface area contributed by atoms with Crippen molar-refractivity contribution in [3.63, 3.8) is 0 Å². The van der Waals surface area contributed by atoms with Crippen LogP contribution in [-0.2, 0) is 6.42 Å². The summed E-state index contributed by atoms with van der Waals surface area (Å²) in [6.07, 6.45) is 2.10. The second kappa shape index (κ2) is 7.92. The van der Waals surface area contributed by atoms with E-state index in [4.69, 9.17) is 21.7 Å². The van der Waals surface area contributed by atoms with Crippen LogP contribution in [0.5, 0.6) is 11.5 Å². The van der Waals surface area contributed by atoms with Gasteiger partial charge in [0.05, 0.1) is 20.4 Å². The topological polar surface area (TPSA) is 64.4 Å². The van der Waals surface area contributed by atoms with E-state index in [-0.39, 0.29) is 5.82 Å². The molecule has 0 unspecified atom stereocenters. The van der Waals surface area contributed by atoms with Crippen LogP contribution in [-0.4, -0.2) is 35.3 Å². The van der Waals surface area contributed by atoms with E-state index in [1.807, 2.05) is 12.1 Å². The molecule has 1 heterocycles. The summed E-state index contributed by atoms with van der Waals surface area (Å²) in [5, 5.41) is 11.3. The number of halogens is 1. The molecule has 8 heteroatoms. The van der Waals surface area contributed by atoms with Gasteiger partial charge in [0.1, 0.15) is 17.3 Å². The van der Waals surface area contributed by atoms with E-state index in [1.165, 1.54) is 16.8 Å². The molecule has 0 spiro atoms. The van der Waals surface area contributed by atoms with Gasteiger partial charge in [-0.2, -0.15) is 14.9 Å². The van der Waals surface area contributed by atoms with E-state index >= 15 is 0 Å². The normalized spacial score (nSPS) is 11.0. The quantitative estimate of drug-likeness (QED) is 0.531. The summed E-state index contributed by atoms with van der Waals surface area (Å²) in [6, 6.07) is 11.7. The van der Waals surface area contributed by atoms with Crippen LogP contribution in [0.2, 0.25) is 0 Å². The van der Waals surface area contributed by atoms with E-state index in [2.05, 4.69) is 15.3 Å². The predicted octanol–water partition coefficient (Wildman–Crippen LogP) is 3.57. The SMILES string of the molecule is COc1ccc(/C=N\n2c(Cc3ccc(F)cc3)n[nH]c2=S)c(OC)c1. The molecule has 0 aliphatic rings. The molecular weight excluding hydrogens is 355 g/mol. The zero-order valence-corrected chi connectivity index (χ0v) is 15.1. The predicted molar refractivity (Wildman–Crippen MR) is 99.2 cm³/mol. The Kier molecular flexibility index (Phi) is 5.43. The molecule has 6 nitrogen and oxygen atoms in total. The number of ether oxygens (including phenoxy) is 2. The average Bonchev–Trinajstić information content (AvgIpc) is 3.01. The number of hydrogen-bond donors (Lipinski definition) is 1. The number of nitrogens with one attached hydrogen (secondary N) is 1. The van der Waals surface area contributed by atoms with Crippen molar-refractivity contribution in [1.82, 2.24) is 14.9 Å². The van der Waals surface area contributed by atoms with Crippen molar-refractivity contribution < 1.29 is 13.9 Å². The zero-order valence-electron chi connectivity index (χ0n) is 14.3. The fourth-order valence-electron chi connectivity index (χ4n) is 2.39. The van der Waals surface area contributed by atoms with Crippen molar-refractivity contribution in [3.05, 3.63) is 70.0 Å². The zero-order chi connectivity index (χ0) is 18.5. The minimum atomic E-state index is -0.280. The highest BCUT2D eigenvalue weighted by atomic mass is 32.1. The van der Waals surface area contributed by atoms with Crippen LogP contribution in [0.4, 0.5) is 4.39 Å². The molecule has 26 heavy (non-hydrogen) atoms. The molecule has 3 rings (SSSR count). The third-order valence-electron chi connectivity index (χ3n) is 3.75. The van der Waals surface area contributed by atoms with Crippen LogP contribution in [0.25, 0.3) is 0 Å². The smallest absolute Gasteiger partial charge is 0.216 e. The summed E-state index contributed by atoms with van der Waals surface area (Å²) >= 11 is 5.25. The van der Waals surface area contributed by atoms with E-state index in [9.17, 15) is 4.39 Å². The Hall–Kier alpha value is -3.00. The fourth-order valence-corrected chi connectivity index (χ4v) is 2.59. The van der Waals surface area contributed by atoms with Crippen LogP contribution >= 0.6 is 12.2 Å². The summed E-state index contributed by atoms with van der Waals surface area (Å²) in [7, 11) is 3.17. The maximum Gasteiger partial charge on any atom is 0.216 e. The number of methoxy groups -OCH3 is 2. The number of H-pyrrole nitrogens is 1.